The molecule has 0 radical (unpaired) electrons. The summed E-state index contributed by atoms with van der Waals surface area (Å²) in [7, 11) is 4.10. The Balaban J connectivity index is 2.11. The molecule has 1 aliphatic carbocycles. The van der Waals surface area contributed by atoms with Gasteiger partial charge in [0.05, 0.1) is 12.7 Å². The number of rotatable bonds is 1. The molecule has 0 bridgehead atoms. The third-order valence-electron chi connectivity index (χ3n) is 4.06. The fourth-order valence-corrected chi connectivity index (χ4v) is 3.01. The van der Waals surface area contributed by atoms with Crippen LogP contribution in [0.25, 0.3) is 0 Å². The molecule has 1 saturated carbocycles. The van der Waals surface area contributed by atoms with Gasteiger partial charge >= 0.3 is 0 Å². The molecule has 0 unspecified atom stereocenters. The Labute approximate surface area is 86.0 Å². The first kappa shape index (κ1) is 10.4. The minimum Gasteiger partial charge on any atom is -0.391 e. The Bertz CT molecular complexity index is 205. The van der Waals surface area contributed by atoms with E-state index in [2.05, 4.69) is 25.9 Å². The molecular formula is C11H21NO2. The van der Waals surface area contributed by atoms with E-state index in [1.54, 1.807) is 0 Å². The Kier molecular flexibility index (Phi) is 2.82. The molecule has 5 atom stereocenters. The Hall–Kier alpha value is -0.120. The van der Waals surface area contributed by atoms with Crippen LogP contribution in [0.15, 0.2) is 0 Å². The van der Waals surface area contributed by atoms with Crippen LogP contribution in [0, 0.1) is 17.8 Å². The predicted octanol–water partition coefficient (Wildman–Crippen LogP) is 0.580. The molecule has 2 rings (SSSR count). The van der Waals surface area contributed by atoms with Crippen LogP contribution >= 0.6 is 0 Å². The lowest BCUT2D eigenvalue weighted by atomic mass is 9.70. The van der Waals surface area contributed by atoms with Gasteiger partial charge in [-0.3, -0.25) is 0 Å². The van der Waals surface area contributed by atoms with Gasteiger partial charge in [-0.15, -0.1) is 0 Å². The number of aliphatic hydroxyl groups excluding tert-OH is 1. The number of hydrogen-bond acceptors (Lipinski definition) is 3. The second-order valence-electron chi connectivity index (χ2n) is 5.08. The number of hydrogen-bond donors (Lipinski definition) is 1. The van der Waals surface area contributed by atoms with Crippen molar-refractivity contribution >= 4 is 0 Å². The summed E-state index contributed by atoms with van der Waals surface area (Å²) in [4.78, 5) is 2.15. The lowest BCUT2D eigenvalue weighted by molar-refractivity contribution is -0.0341. The molecule has 0 aromatic rings. The highest BCUT2D eigenvalue weighted by molar-refractivity contribution is 4.95. The summed E-state index contributed by atoms with van der Waals surface area (Å²) < 4.78 is 5.51. The van der Waals surface area contributed by atoms with Gasteiger partial charge in [-0.25, -0.2) is 0 Å². The number of nitrogens with zero attached hydrogens (tertiary/aromatic N) is 1. The van der Waals surface area contributed by atoms with Gasteiger partial charge in [-0.1, -0.05) is 6.92 Å². The summed E-state index contributed by atoms with van der Waals surface area (Å²) in [5.74, 6) is 1.63. The van der Waals surface area contributed by atoms with Gasteiger partial charge in [0.2, 0.25) is 0 Å². The molecule has 0 amide bonds. The van der Waals surface area contributed by atoms with E-state index in [1.165, 1.54) is 0 Å². The molecular weight excluding hydrogens is 178 g/mol. The van der Waals surface area contributed by atoms with Crippen LogP contribution in [0.3, 0.4) is 0 Å². The van der Waals surface area contributed by atoms with Crippen LogP contribution in [0.2, 0.25) is 0 Å². The molecule has 0 spiro atoms. The van der Waals surface area contributed by atoms with Gasteiger partial charge in [0.1, 0.15) is 0 Å². The molecule has 1 N–H and O–H groups in total. The van der Waals surface area contributed by atoms with Crippen molar-refractivity contribution in [3.05, 3.63) is 0 Å². The number of fused-ring (bicyclic) bond motifs is 1. The molecule has 1 heterocycles. The van der Waals surface area contributed by atoms with Crippen molar-refractivity contribution in [2.75, 3.05) is 27.3 Å². The van der Waals surface area contributed by atoms with Crippen molar-refractivity contribution in [2.45, 2.75) is 25.5 Å². The number of ether oxygens (including phenoxy) is 1. The van der Waals surface area contributed by atoms with Gasteiger partial charge in [-0.2, -0.15) is 0 Å². The van der Waals surface area contributed by atoms with Crippen LogP contribution in [-0.2, 0) is 4.74 Å². The summed E-state index contributed by atoms with van der Waals surface area (Å²) in [6.45, 7) is 3.90. The van der Waals surface area contributed by atoms with Crippen molar-refractivity contribution in [2.24, 2.45) is 17.8 Å². The van der Waals surface area contributed by atoms with Crippen LogP contribution in [0.5, 0.6) is 0 Å². The van der Waals surface area contributed by atoms with E-state index in [1.807, 2.05) is 0 Å². The second kappa shape index (κ2) is 3.80. The summed E-state index contributed by atoms with van der Waals surface area (Å²) in [6.07, 6.45) is 0.899. The fraction of sp³-hybridized carbons (Fsp3) is 1.00. The first-order valence-electron chi connectivity index (χ1n) is 5.53. The molecule has 1 aliphatic heterocycles. The standard InChI is InChI=1S/C11H21NO2/c1-7-9-6-14-5-8(9)4-10(11(7)13)12(2)3/h7-11,13H,4-6H2,1-3H3/t7-,8+,9+,10+,11-/m0/s1. The molecule has 2 fully saturated rings. The Morgan fingerprint density at radius 2 is 2.00 bits per heavy atom. The van der Waals surface area contributed by atoms with E-state index in [0.29, 0.717) is 23.8 Å². The van der Waals surface area contributed by atoms with Crippen LogP contribution < -0.4 is 0 Å². The van der Waals surface area contributed by atoms with E-state index in [4.69, 9.17) is 4.74 Å². The maximum Gasteiger partial charge on any atom is 0.0724 e. The molecule has 14 heavy (non-hydrogen) atoms. The summed E-state index contributed by atoms with van der Waals surface area (Å²) in [6, 6.07) is 0.313. The highest BCUT2D eigenvalue weighted by Gasteiger charge is 2.44. The average Bonchev–Trinajstić information content (AvgIpc) is 2.58. The zero-order chi connectivity index (χ0) is 10.3. The van der Waals surface area contributed by atoms with Crippen molar-refractivity contribution < 1.29 is 9.84 Å². The lowest BCUT2D eigenvalue weighted by Crippen LogP contribution is -2.51. The lowest BCUT2D eigenvalue weighted by Gasteiger charge is -2.42. The van der Waals surface area contributed by atoms with E-state index >= 15 is 0 Å². The van der Waals surface area contributed by atoms with Gasteiger partial charge in [0.15, 0.2) is 0 Å². The maximum absolute atomic E-state index is 10.2. The molecule has 3 nitrogen and oxygen atoms in total. The highest BCUT2D eigenvalue weighted by atomic mass is 16.5. The fourth-order valence-electron chi connectivity index (χ4n) is 3.01. The quantitative estimate of drug-likeness (QED) is 0.670. The van der Waals surface area contributed by atoms with Gasteiger partial charge in [-0.05, 0) is 38.3 Å². The van der Waals surface area contributed by atoms with Gasteiger partial charge in [0.25, 0.3) is 0 Å². The topological polar surface area (TPSA) is 32.7 Å². The number of aliphatic hydroxyl groups is 1. The molecule has 1 saturated heterocycles. The van der Waals surface area contributed by atoms with Gasteiger partial charge < -0.3 is 14.7 Å². The van der Waals surface area contributed by atoms with Crippen molar-refractivity contribution in [1.29, 1.82) is 0 Å². The van der Waals surface area contributed by atoms with Gasteiger partial charge in [0, 0.05) is 12.6 Å². The third-order valence-corrected chi connectivity index (χ3v) is 4.06. The minimum atomic E-state index is -0.187. The monoisotopic (exact) mass is 199 g/mol. The maximum atomic E-state index is 10.2. The third kappa shape index (κ3) is 1.58. The summed E-state index contributed by atoms with van der Waals surface area (Å²) >= 11 is 0. The normalized spacial score (nSPS) is 48.2. The average molecular weight is 199 g/mol. The van der Waals surface area contributed by atoms with E-state index in [-0.39, 0.29) is 6.10 Å². The molecule has 0 aromatic carbocycles. The van der Waals surface area contributed by atoms with E-state index in [9.17, 15) is 5.11 Å². The zero-order valence-corrected chi connectivity index (χ0v) is 9.31. The van der Waals surface area contributed by atoms with E-state index in [0.717, 1.165) is 19.6 Å². The number of likely N-dealkylation sites (N-methyl/N-ethyl adjacent to an activating group) is 1. The first-order valence-corrected chi connectivity index (χ1v) is 5.53. The van der Waals surface area contributed by atoms with Crippen LogP contribution in [0.4, 0.5) is 0 Å². The minimum absolute atomic E-state index is 0.187. The first-order chi connectivity index (χ1) is 6.61. The summed E-state index contributed by atoms with van der Waals surface area (Å²) in [5.41, 5.74) is 0. The smallest absolute Gasteiger partial charge is 0.0724 e. The van der Waals surface area contributed by atoms with Crippen LogP contribution in [-0.4, -0.2) is 49.5 Å². The molecule has 3 heteroatoms. The van der Waals surface area contributed by atoms with Crippen LogP contribution in [0.1, 0.15) is 13.3 Å². The van der Waals surface area contributed by atoms with Crippen molar-refractivity contribution in [1.82, 2.24) is 4.90 Å². The molecule has 2 aliphatic rings. The second-order valence-corrected chi connectivity index (χ2v) is 5.08. The van der Waals surface area contributed by atoms with Crippen molar-refractivity contribution in [3.63, 3.8) is 0 Å². The Morgan fingerprint density at radius 3 is 2.64 bits per heavy atom. The SMILES string of the molecule is C[C@@H]1[C@H](O)[C@H](N(C)C)C[C@@H]2COC[C@@H]21. The molecule has 82 valence electrons. The Morgan fingerprint density at radius 1 is 1.29 bits per heavy atom. The predicted molar refractivity (Wildman–Crippen MR) is 55.1 cm³/mol. The molecule has 0 aromatic heterocycles. The zero-order valence-electron chi connectivity index (χ0n) is 9.31. The van der Waals surface area contributed by atoms with Crippen molar-refractivity contribution in [3.8, 4) is 0 Å². The van der Waals surface area contributed by atoms with E-state index < -0.39 is 0 Å². The largest absolute Gasteiger partial charge is 0.391 e. The summed E-state index contributed by atoms with van der Waals surface area (Å²) in [5, 5.41) is 10.2. The highest BCUT2D eigenvalue weighted by Crippen LogP contribution is 2.40.